The zero-order valence-corrected chi connectivity index (χ0v) is 12.2. The third-order valence-corrected chi connectivity index (χ3v) is 4.79. The second-order valence-corrected chi connectivity index (χ2v) is 6.08. The monoisotopic (exact) mass is 273 g/mol. The molecule has 0 aromatic carbocycles. The molecule has 2 saturated heterocycles. The molecule has 0 bridgehead atoms. The fraction of sp³-hybridized carbons (Fsp3) is 0.625. The van der Waals surface area contributed by atoms with Crippen molar-refractivity contribution in [1.29, 1.82) is 0 Å². The Kier molecular flexibility index (Phi) is 3.74. The lowest BCUT2D eigenvalue weighted by Gasteiger charge is -2.39. The van der Waals surface area contributed by atoms with E-state index in [2.05, 4.69) is 28.9 Å². The first kappa shape index (κ1) is 13.6. The second kappa shape index (κ2) is 5.52. The molecule has 1 aromatic heterocycles. The average molecular weight is 273 g/mol. The van der Waals surface area contributed by atoms with Gasteiger partial charge in [0.2, 0.25) is 5.91 Å². The van der Waals surface area contributed by atoms with E-state index in [1.165, 1.54) is 5.56 Å². The first-order valence-corrected chi connectivity index (χ1v) is 7.64. The van der Waals surface area contributed by atoms with Gasteiger partial charge in [0.15, 0.2) is 0 Å². The lowest BCUT2D eigenvalue weighted by molar-refractivity contribution is -0.138. The summed E-state index contributed by atoms with van der Waals surface area (Å²) in [7, 11) is 0. The van der Waals surface area contributed by atoms with Gasteiger partial charge in [-0.3, -0.25) is 14.7 Å². The van der Waals surface area contributed by atoms with Crippen molar-refractivity contribution in [2.24, 2.45) is 5.41 Å². The van der Waals surface area contributed by atoms with E-state index in [4.69, 9.17) is 0 Å². The molecule has 0 saturated carbocycles. The molecule has 20 heavy (non-hydrogen) atoms. The van der Waals surface area contributed by atoms with Crippen LogP contribution in [0.2, 0.25) is 0 Å². The Hall–Kier alpha value is -1.42. The third-order valence-electron chi connectivity index (χ3n) is 4.79. The van der Waals surface area contributed by atoms with E-state index < -0.39 is 0 Å². The maximum atomic E-state index is 12.6. The molecule has 108 valence electrons. The number of rotatable bonds is 3. The maximum absolute atomic E-state index is 12.6. The van der Waals surface area contributed by atoms with Gasteiger partial charge in [-0.2, -0.15) is 0 Å². The van der Waals surface area contributed by atoms with E-state index in [1.54, 1.807) is 0 Å². The van der Waals surface area contributed by atoms with Crippen LogP contribution in [0.1, 0.15) is 31.7 Å². The number of carbonyl (C=O) groups is 1. The molecule has 1 spiro atoms. The van der Waals surface area contributed by atoms with Crippen LogP contribution in [0, 0.1) is 5.41 Å². The maximum Gasteiger partial charge on any atom is 0.230 e. The van der Waals surface area contributed by atoms with Crippen LogP contribution in [0.15, 0.2) is 24.5 Å². The normalized spacial score (nSPS) is 27.4. The zero-order valence-electron chi connectivity index (χ0n) is 12.2. The predicted octanol–water partition coefficient (Wildman–Crippen LogP) is 1.92. The van der Waals surface area contributed by atoms with Gasteiger partial charge in [-0.15, -0.1) is 0 Å². The van der Waals surface area contributed by atoms with Crippen molar-refractivity contribution < 1.29 is 4.79 Å². The summed E-state index contributed by atoms with van der Waals surface area (Å²) < 4.78 is 0. The van der Waals surface area contributed by atoms with Gasteiger partial charge in [0.05, 0.1) is 5.41 Å². The summed E-state index contributed by atoms with van der Waals surface area (Å²) in [6, 6.07) is 4.13. The fourth-order valence-electron chi connectivity index (χ4n) is 3.68. The number of hydrogen-bond donors (Lipinski definition) is 0. The highest BCUT2D eigenvalue weighted by Gasteiger charge is 2.48. The van der Waals surface area contributed by atoms with Gasteiger partial charge in [0.25, 0.3) is 0 Å². The van der Waals surface area contributed by atoms with E-state index in [1.807, 2.05) is 17.3 Å². The Bertz CT molecular complexity index is 476. The Morgan fingerprint density at radius 1 is 1.25 bits per heavy atom. The zero-order chi connectivity index (χ0) is 14.0. The largest absolute Gasteiger partial charge is 0.342 e. The minimum absolute atomic E-state index is 0.0959. The molecule has 4 nitrogen and oxygen atoms in total. The molecule has 3 heterocycles. The van der Waals surface area contributed by atoms with Crippen LogP contribution in [-0.2, 0) is 11.3 Å². The molecule has 0 aliphatic carbocycles. The molecule has 1 atom stereocenters. The quantitative estimate of drug-likeness (QED) is 0.844. The van der Waals surface area contributed by atoms with Crippen LogP contribution >= 0.6 is 0 Å². The summed E-state index contributed by atoms with van der Waals surface area (Å²) in [5.74, 6) is 0.388. The van der Waals surface area contributed by atoms with E-state index in [9.17, 15) is 4.79 Å². The van der Waals surface area contributed by atoms with Crippen molar-refractivity contribution in [3.8, 4) is 0 Å². The number of aromatic nitrogens is 1. The van der Waals surface area contributed by atoms with Crippen molar-refractivity contribution in [3.05, 3.63) is 30.1 Å². The molecule has 3 rings (SSSR count). The van der Waals surface area contributed by atoms with Gasteiger partial charge in [0, 0.05) is 38.6 Å². The Balaban J connectivity index is 1.69. The molecular weight excluding hydrogens is 250 g/mol. The second-order valence-electron chi connectivity index (χ2n) is 6.08. The van der Waals surface area contributed by atoms with E-state index in [0.717, 1.165) is 52.0 Å². The molecule has 1 aromatic rings. The minimum atomic E-state index is -0.0959. The minimum Gasteiger partial charge on any atom is -0.342 e. The van der Waals surface area contributed by atoms with Crippen molar-refractivity contribution in [3.63, 3.8) is 0 Å². The summed E-state index contributed by atoms with van der Waals surface area (Å²) in [4.78, 5) is 21.1. The van der Waals surface area contributed by atoms with E-state index >= 15 is 0 Å². The third kappa shape index (κ3) is 2.44. The highest BCUT2D eigenvalue weighted by molar-refractivity contribution is 5.85. The highest BCUT2D eigenvalue weighted by atomic mass is 16.2. The summed E-state index contributed by atoms with van der Waals surface area (Å²) >= 11 is 0. The molecule has 2 aliphatic rings. The van der Waals surface area contributed by atoms with Gasteiger partial charge >= 0.3 is 0 Å². The van der Waals surface area contributed by atoms with Crippen LogP contribution < -0.4 is 0 Å². The molecule has 0 N–H and O–H groups in total. The summed E-state index contributed by atoms with van der Waals surface area (Å²) in [5.41, 5.74) is 1.19. The van der Waals surface area contributed by atoms with Crippen molar-refractivity contribution in [1.82, 2.24) is 14.8 Å². The van der Waals surface area contributed by atoms with Crippen molar-refractivity contribution in [2.75, 3.05) is 26.2 Å². The first-order valence-electron chi connectivity index (χ1n) is 7.64. The molecule has 2 aliphatic heterocycles. The molecule has 1 amide bonds. The number of likely N-dealkylation sites (tertiary alicyclic amines) is 2. The summed E-state index contributed by atoms with van der Waals surface area (Å²) in [6.07, 6.45) is 6.92. The van der Waals surface area contributed by atoms with Gasteiger partial charge in [-0.25, -0.2) is 0 Å². The lowest BCUT2D eigenvalue weighted by atomic mass is 9.78. The Morgan fingerprint density at radius 2 is 2.05 bits per heavy atom. The smallest absolute Gasteiger partial charge is 0.230 e. The number of amides is 1. The van der Waals surface area contributed by atoms with Crippen LogP contribution in [0.4, 0.5) is 0 Å². The van der Waals surface area contributed by atoms with Crippen molar-refractivity contribution in [2.45, 2.75) is 32.7 Å². The standard InChI is InChI=1S/C16H23N3O/c1-2-19-11-7-16(15(19)20)6-3-10-18(13-16)12-14-4-8-17-9-5-14/h4-5,8-9H,2-3,6-7,10-13H2,1H3/t16-/m0/s1. The number of piperidine rings is 1. The van der Waals surface area contributed by atoms with Crippen LogP contribution in [-0.4, -0.2) is 46.9 Å². The van der Waals surface area contributed by atoms with E-state index in [0.29, 0.717) is 5.91 Å². The summed E-state index contributed by atoms with van der Waals surface area (Å²) in [5, 5.41) is 0. The number of carbonyl (C=O) groups excluding carboxylic acids is 1. The topological polar surface area (TPSA) is 36.4 Å². The van der Waals surface area contributed by atoms with Gasteiger partial charge < -0.3 is 4.90 Å². The van der Waals surface area contributed by atoms with Crippen LogP contribution in [0.3, 0.4) is 0 Å². The number of nitrogens with zero attached hydrogens (tertiary/aromatic N) is 3. The Labute approximate surface area is 120 Å². The van der Waals surface area contributed by atoms with Crippen molar-refractivity contribution >= 4 is 5.91 Å². The Morgan fingerprint density at radius 3 is 2.75 bits per heavy atom. The van der Waals surface area contributed by atoms with E-state index in [-0.39, 0.29) is 5.41 Å². The molecule has 0 radical (unpaired) electrons. The van der Waals surface area contributed by atoms with Gasteiger partial charge in [0.1, 0.15) is 0 Å². The molecular formula is C16H23N3O. The number of pyridine rings is 1. The predicted molar refractivity (Wildman–Crippen MR) is 78.1 cm³/mol. The fourth-order valence-corrected chi connectivity index (χ4v) is 3.68. The highest BCUT2D eigenvalue weighted by Crippen LogP contribution is 2.40. The molecule has 0 unspecified atom stereocenters. The first-order chi connectivity index (χ1) is 9.73. The molecule has 2 fully saturated rings. The van der Waals surface area contributed by atoms with Crippen LogP contribution in [0.5, 0.6) is 0 Å². The van der Waals surface area contributed by atoms with Gasteiger partial charge in [-0.05, 0) is 50.4 Å². The number of hydrogen-bond acceptors (Lipinski definition) is 3. The van der Waals surface area contributed by atoms with Gasteiger partial charge in [-0.1, -0.05) is 0 Å². The average Bonchev–Trinajstić information content (AvgIpc) is 2.77. The molecule has 4 heteroatoms. The van der Waals surface area contributed by atoms with Crippen LogP contribution in [0.25, 0.3) is 0 Å². The SMILES string of the molecule is CCN1CC[C@]2(CCCN(Cc3ccncc3)C2)C1=O. The lowest BCUT2D eigenvalue weighted by Crippen LogP contribution is -2.47. The summed E-state index contributed by atoms with van der Waals surface area (Å²) in [6.45, 7) is 6.83.